The fraction of sp³-hybridized carbons (Fsp3) is 0.414. The molecule has 0 spiro atoms. The molecule has 2 N–H and O–H groups in total. The Labute approximate surface area is 234 Å². The Morgan fingerprint density at radius 1 is 1.08 bits per heavy atom. The number of hydrogen-bond acceptors (Lipinski definition) is 6. The number of carboxylic acid groups (broad SMARTS) is 1. The van der Waals surface area contributed by atoms with Crippen LogP contribution in [0.25, 0.3) is 33.7 Å². The highest BCUT2D eigenvalue weighted by atomic mass is 79.9. The normalized spacial score (nSPS) is 17.2. The van der Waals surface area contributed by atoms with E-state index in [-0.39, 0.29) is 18.4 Å². The van der Waals surface area contributed by atoms with Crippen LogP contribution in [0, 0.1) is 11.3 Å². The number of tetrazole rings is 1. The Kier molecular flexibility index (Phi) is 6.97. The quantitative estimate of drug-likeness (QED) is 0.249. The van der Waals surface area contributed by atoms with Crippen LogP contribution in [0.5, 0.6) is 0 Å². The average Bonchev–Trinajstić information content (AvgIpc) is 3.77. The molecular formula is C29H30BrN5O4. The predicted molar refractivity (Wildman–Crippen MR) is 148 cm³/mol. The molecule has 0 atom stereocenters. The molecule has 39 heavy (non-hydrogen) atoms. The summed E-state index contributed by atoms with van der Waals surface area (Å²) in [6, 6.07) is 13.6. The SMILES string of the molecule is O=C(C1CCCC1)N(Cc1ccc2oc(-c3ccccc3-c3nnn[nH]3)c(Br)c2c1)CC1(C(=O)O)CCCC1. The number of H-pyrrole nitrogens is 1. The van der Waals surface area contributed by atoms with E-state index in [0.29, 0.717) is 36.6 Å². The largest absolute Gasteiger partial charge is 0.481 e. The molecule has 10 heteroatoms. The van der Waals surface area contributed by atoms with Gasteiger partial charge in [-0.25, -0.2) is 5.10 Å². The second kappa shape index (κ2) is 10.6. The van der Waals surface area contributed by atoms with Gasteiger partial charge < -0.3 is 14.4 Å². The lowest BCUT2D eigenvalue weighted by molar-refractivity contribution is -0.152. The average molecular weight is 592 g/mol. The van der Waals surface area contributed by atoms with E-state index in [4.69, 9.17) is 4.42 Å². The highest BCUT2D eigenvalue weighted by Crippen LogP contribution is 2.43. The molecule has 1 amide bonds. The fourth-order valence-electron chi connectivity index (χ4n) is 6.27. The number of nitrogens with zero attached hydrogens (tertiary/aromatic N) is 4. The molecule has 0 radical (unpaired) electrons. The maximum Gasteiger partial charge on any atom is 0.311 e. The standard InChI is InChI=1S/C29H30BrN5O4/c30-24-22-15-18(11-12-23(22)39-25(24)20-9-3-4-10-21(20)26-31-33-34-32-26)16-35(27(36)19-7-1-2-8-19)17-29(28(37)38)13-5-6-14-29/h3-4,9-12,15,19H,1-2,5-8,13-14,16-17H2,(H,37,38)(H,31,32,33,34). The summed E-state index contributed by atoms with van der Waals surface area (Å²) in [6.07, 6.45) is 6.88. The maximum absolute atomic E-state index is 13.7. The Bertz CT molecular complexity index is 1500. The van der Waals surface area contributed by atoms with Crippen molar-refractivity contribution in [2.45, 2.75) is 57.9 Å². The summed E-state index contributed by atoms with van der Waals surface area (Å²) >= 11 is 3.75. The Morgan fingerprint density at radius 3 is 2.51 bits per heavy atom. The number of hydrogen-bond donors (Lipinski definition) is 2. The minimum atomic E-state index is -0.860. The molecule has 2 aliphatic carbocycles. The van der Waals surface area contributed by atoms with Crippen LogP contribution in [-0.2, 0) is 16.1 Å². The van der Waals surface area contributed by atoms with Gasteiger partial charge in [0.2, 0.25) is 5.91 Å². The van der Waals surface area contributed by atoms with Gasteiger partial charge in [-0.15, -0.1) is 5.10 Å². The van der Waals surface area contributed by atoms with Crippen molar-refractivity contribution in [3.8, 4) is 22.7 Å². The van der Waals surface area contributed by atoms with Gasteiger partial charge in [0.25, 0.3) is 0 Å². The molecule has 9 nitrogen and oxygen atoms in total. The first-order chi connectivity index (χ1) is 18.9. The van der Waals surface area contributed by atoms with E-state index in [9.17, 15) is 14.7 Å². The monoisotopic (exact) mass is 591 g/mol. The number of carbonyl (C=O) groups excluding carboxylic acids is 1. The summed E-state index contributed by atoms with van der Waals surface area (Å²) < 4.78 is 7.08. The number of fused-ring (bicyclic) bond motifs is 1. The number of aromatic nitrogens is 4. The smallest absolute Gasteiger partial charge is 0.311 e. The van der Waals surface area contributed by atoms with Crippen molar-refractivity contribution in [2.75, 3.05) is 6.54 Å². The number of rotatable bonds is 8. The van der Waals surface area contributed by atoms with E-state index in [1.165, 1.54) is 0 Å². The van der Waals surface area contributed by atoms with Crippen LogP contribution in [0.2, 0.25) is 0 Å². The van der Waals surface area contributed by atoms with Gasteiger partial charge in [0.15, 0.2) is 5.82 Å². The Morgan fingerprint density at radius 2 is 1.82 bits per heavy atom. The molecule has 2 aromatic heterocycles. The van der Waals surface area contributed by atoms with Crippen molar-refractivity contribution in [3.05, 3.63) is 52.5 Å². The lowest BCUT2D eigenvalue weighted by atomic mass is 9.85. The van der Waals surface area contributed by atoms with E-state index in [1.54, 1.807) is 0 Å². The minimum Gasteiger partial charge on any atom is -0.481 e. The molecule has 2 fully saturated rings. The fourth-order valence-corrected chi connectivity index (χ4v) is 6.87. The first kappa shape index (κ1) is 25.7. The molecular weight excluding hydrogens is 562 g/mol. The van der Waals surface area contributed by atoms with Gasteiger partial charge in [0, 0.05) is 35.5 Å². The maximum atomic E-state index is 13.7. The number of carbonyl (C=O) groups is 2. The first-order valence-corrected chi connectivity index (χ1v) is 14.3. The molecule has 2 heterocycles. The van der Waals surface area contributed by atoms with Crippen molar-refractivity contribution >= 4 is 38.8 Å². The van der Waals surface area contributed by atoms with Crippen LogP contribution in [0.4, 0.5) is 0 Å². The van der Waals surface area contributed by atoms with Crippen LogP contribution in [0.3, 0.4) is 0 Å². The number of nitrogens with one attached hydrogen (secondary N) is 1. The summed E-state index contributed by atoms with van der Waals surface area (Å²) in [5.41, 5.74) is 2.43. The van der Waals surface area contributed by atoms with Crippen molar-refractivity contribution in [1.29, 1.82) is 0 Å². The molecule has 0 unspecified atom stereocenters. The predicted octanol–water partition coefficient (Wildman–Crippen LogP) is 6.21. The number of halogens is 1. The van der Waals surface area contributed by atoms with Gasteiger partial charge in [-0.2, -0.15) is 0 Å². The summed E-state index contributed by atoms with van der Waals surface area (Å²) in [5.74, 6) is 0.474. The topological polar surface area (TPSA) is 125 Å². The van der Waals surface area contributed by atoms with Gasteiger partial charge >= 0.3 is 5.97 Å². The first-order valence-electron chi connectivity index (χ1n) is 13.5. The molecule has 0 saturated heterocycles. The number of furan rings is 1. The van der Waals surface area contributed by atoms with Crippen molar-refractivity contribution in [3.63, 3.8) is 0 Å². The molecule has 4 aromatic rings. The van der Waals surface area contributed by atoms with Gasteiger partial charge in [-0.05, 0) is 69.7 Å². The zero-order valence-electron chi connectivity index (χ0n) is 21.5. The number of aromatic amines is 1. The number of aliphatic carboxylic acids is 1. The second-order valence-corrected chi connectivity index (χ2v) is 11.6. The van der Waals surface area contributed by atoms with Crippen molar-refractivity contribution in [2.24, 2.45) is 11.3 Å². The van der Waals surface area contributed by atoms with E-state index in [2.05, 4.69) is 36.6 Å². The highest BCUT2D eigenvalue weighted by Gasteiger charge is 2.44. The lowest BCUT2D eigenvalue weighted by Gasteiger charge is -2.34. The zero-order chi connectivity index (χ0) is 27.0. The van der Waals surface area contributed by atoms with Gasteiger partial charge in [-0.3, -0.25) is 9.59 Å². The van der Waals surface area contributed by atoms with Crippen LogP contribution in [0.15, 0.2) is 51.4 Å². The van der Waals surface area contributed by atoms with Crippen molar-refractivity contribution < 1.29 is 19.1 Å². The van der Waals surface area contributed by atoms with Crippen LogP contribution in [-0.4, -0.2) is 49.1 Å². The Hall–Kier alpha value is -3.53. The molecule has 202 valence electrons. The van der Waals surface area contributed by atoms with Gasteiger partial charge in [-0.1, -0.05) is 56.0 Å². The molecule has 0 aliphatic heterocycles. The van der Waals surface area contributed by atoms with Crippen LogP contribution < -0.4 is 0 Å². The molecule has 2 saturated carbocycles. The number of benzene rings is 2. The molecule has 2 aromatic carbocycles. The van der Waals surface area contributed by atoms with E-state index < -0.39 is 11.4 Å². The second-order valence-electron chi connectivity index (χ2n) is 10.8. The minimum absolute atomic E-state index is 0.0182. The lowest BCUT2D eigenvalue weighted by Crippen LogP contribution is -2.45. The van der Waals surface area contributed by atoms with E-state index >= 15 is 0 Å². The highest BCUT2D eigenvalue weighted by molar-refractivity contribution is 9.10. The number of amides is 1. The third kappa shape index (κ3) is 4.86. The Balaban J connectivity index is 1.34. The third-order valence-corrected chi connectivity index (χ3v) is 9.15. The van der Waals surface area contributed by atoms with Crippen molar-refractivity contribution in [1.82, 2.24) is 25.5 Å². The third-order valence-electron chi connectivity index (χ3n) is 8.36. The van der Waals surface area contributed by atoms with Crippen LogP contribution >= 0.6 is 15.9 Å². The molecule has 2 aliphatic rings. The van der Waals surface area contributed by atoms with Crippen LogP contribution in [0.1, 0.15) is 56.9 Å². The summed E-state index contributed by atoms with van der Waals surface area (Å²) in [7, 11) is 0. The van der Waals surface area contributed by atoms with Gasteiger partial charge in [0.1, 0.15) is 11.3 Å². The van der Waals surface area contributed by atoms with E-state index in [1.807, 2.05) is 47.4 Å². The summed E-state index contributed by atoms with van der Waals surface area (Å²) in [6.45, 7) is 0.625. The molecule has 0 bridgehead atoms. The van der Waals surface area contributed by atoms with Gasteiger partial charge in [0.05, 0.1) is 9.89 Å². The summed E-state index contributed by atoms with van der Waals surface area (Å²) in [5, 5.41) is 25.3. The summed E-state index contributed by atoms with van der Waals surface area (Å²) in [4.78, 5) is 27.8. The number of carboxylic acids is 1. The molecule has 6 rings (SSSR count). The zero-order valence-corrected chi connectivity index (χ0v) is 23.1. The van der Waals surface area contributed by atoms with E-state index in [0.717, 1.165) is 65.1 Å².